The van der Waals surface area contributed by atoms with Gasteiger partial charge in [0.15, 0.2) is 11.5 Å². The molecule has 0 unspecified atom stereocenters. The van der Waals surface area contributed by atoms with Crippen molar-refractivity contribution in [2.45, 2.75) is 0 Å². The monoisotopic (exact) mass is 244 g/mol. The summed E-state index contributed by atoms with van der Waals surface area (Å²) in [4.78, 5) is 0. The molecule has 0 atom stereocenters. The smallest absolute Gasteiger partial charge is 0.169 e. The Morgan fingerprint density at radius 3 is 2.82 bits per heavy atom. The number of rotatable bonds is 1. The van der Waals surface area contributed by atoms with Crippen LogP contribution in [0.1, 0.15) is 0 Å². The molecular formula is C12H9ClN4. The number of hydrogen-bond acceptors (Lipinski definition) is 3. The van der Waals surface area contributed by atoms with E-state index >= 15 is 0 Å². The van der Waals surface area contributed by atoms with E-state index < -0.39 is 0 Å². The van der Waals surface area contributed by atoms with Crippen molar-refractivity contribution in [1.82, 2.24) is 14.6 Å². The van der Waals surface area contributed by atoms with Gasteiger partial charge in [-0.15, -0.1) is 10.2 Å². The van der Waals surface area contributed by atoms with Gasteiger partial charge in [0.05, 0.1) is 5.02 Å². The highest BCUT2D eigenvalue weighted by Gasteiger charge is 2.10. The van der Waals surface area contributed by atoms with E-state index in [0.717, 1.165) is 11.2 Å². The summed E-state index contributed by atoms with van der Waals surface area (Å²) in [5.41, 5.74) is 7.90. The number of fused-ring (bicyclic) bond motifs is 1. The number of halogens is 1. The molecule has 5 heteroatoms. The molecular weight excluding hydrogens is 236 g/mol. The summed E-state index contributed by atoms with van der Waals surface area (Å²) in [7, 11) is 0. The van der Waals surface area contributed by atoms with Gasteiger partial charge in [-0.1, -0.05) is 17.7 Å². The van der Waals surface area contributed by atoms with E-state index in [4.69, 9.17) is 17.3 Å². The average Bonchev–Trinajstić information content (AvgIpc) is 2.73. The Kier molecular flexibility index (Phi) is 2.23. The zero-order chi connectivity index (χ0) is 11.8. The molecule has 0 saturated carbocycles. The van der Waals surface area contributed by atoms with Crippen LogP contribution in [-0.2, 0) is 0 Å². The van der Waals surface area contributed by atoms with Crippen molar-refractivity contribution >= 4 is 22.9 Å². The molecule has 0 spiro atoms. The summed E-state index contributed by atoms with van der Waals surface area (Å²) in [5.74, 6) is 0.714. The SMILES string of the molecule is Nc1ccc(-c2nnc3ccccn23)c(Cl)c1. The summed E-state index contributed by atoms with van der Waals surface area (Å²) >= 11 is 6.16. The Morgan fingerprint density at radius 2 is 2.00 bits per heavy atom. The number of anilines is 1. The molecule has 3 rings (SSSR count). The number of benzene rings is 1. The summed E-state index contributed by atoms with van der Waals surface area (Å²) in [6.45, 7) is 0. The first-order valence-electron chi connectivity index (χ1n) is 5.11. The van der Waals surface area contributed by atoms with Gasteiger partial charge in [0, 0.05) is 17.4 Å². The summed E-state index contributed by atoms with van der Waals surface area (Å²) in [6.07, 6.45) is 1.90. The van der Waals surface area contributed by atoms with E-state index in [1.54, 1.807) is 12.1 Å². The number of pyridine rings is 1. The first kappa shape index (κ1) is 10.1. The molecule has 0 bridgehead atoms. The number of nitrogens with zero attached hydrogens (tertiary/aromatic N) is 3. The first-order chi connectivity index (χ1) is 8.25. The molecule has 4 nitrogen and oxygen atoms in total. The fraction of sp³-hybridized carbons (Fsp3) is 0. The van der Waals surface area contributed by atoms with Crippen molar-refractivity contribution in [3.63, 3.8) is 0 Å². The molecule has 0 aliphatic heterocycles. The molecule has 2 aromatic heterocycles. The van der Waals surface area contributed by atoms with Crippen LogP contribution in [0.25, 0.3) is 17.0 Å². The number of aromatic nitrogens is 3. The van der Waals surface area contributed by atoms with Crippen molar-refractivity contribution < 1.29 is 0 Å². The number of hydrogen-bond donors (Lipinski definition) is 1. The lowest BCUT2D eigenvalue weighted by Gasteiger charge is -2.03. The van der Waals surface area contributed by atoms with Crippen molar-refractivity contribution in [3.8, 4) is 11.4 Å². The van der Waals surface area contributed by atoms with Crippen molar-refractivity contribution in [2.24, 2.45) is 0 Å². The van der Waals surface area contributed by atoms with Gasteiger partial charge in [-0.2, -0.15) is 0 Å². The van der Waals surface area contributed by atoms with Crippen LogP contribution in [0.2, 0.25) is 5.02 Å². The summed E-state index contributed by atoms with van der Waals surface area (Å²) in [5, 5.41) is 8.80. The molecule has 0 saturated heterocycles. The lowest BCUT2D eigenvalue weighted by molar-refractivity contribution is 1.11. The van der Waals surface area contributed by atoms with Gasteiger partial charge < -0.3 is 5.73 Å². The van der Waals surface area contributed by atoms with Crippen LogP contribution < -0.4 is 5.73 Å². The third-order valence-corrected chi connectivity index (χ3v) is 2.86. The second-order valence-corrected chi connectivity index (χ2v) is 4.10. The molecule has 0 radical (unpaired) electrons. The highest BCUT2D eigenvalue weighted by Crippen LogP contribution is 2.28. The Morgan fingerprint density at radius 1 is 1.12 bits per heavy atom. The predicted octanol–water partition coefficient (Wildman–Crippen LogP) is 2.63. The standard InChI is InChI=1S/C12H9ClN4/c13-10-7-8(14)4-5-9(10)12-16-15-11-3-1-2-6-17(11)12/h1-7H,14H2. The number of nitrogen functional groups attached to an aromatic ring is 1. The van der Waals surface area contributed by atoms with Crippen LogP contribution in [0.4, 0.5) is 5.69 Å². The van der Waals surface area contributed by atoms with Crippen LogP contribution in [0.5, 0.6) is 0 Å². The van der Waals surface area contributed by atoms with Crippen LogP contribution in [0, 0.1) is 0 Å². The summed E-state index contributed by atoms with van der Waals surface area (Å²) < 4.78 is 1.89. The second kappa shape index (κ2) is 3.75. The van der Waals surface area contributed by atoms with Gasteiger partial charge in [0.2, 0.25) is 0 Å². The molecule has 0 fully saturated rings. The minimum atomic E-state index is 0.572. The Hall–Kier alpha value is -2.07. The van der Waals surface area contributed by atoms with Crippen LogP contribution >= 0.6 is 11.6 Å². The van der Waals surface area contributed by atoms with Crippen molar-refractivity contribution in [3.05, 3.63) is 47.6 Å². The molecule has 2 heterocycles. The lowest BCUT2D eigenvalue weighted by atomic mass is 10.2. The molecule has 1 aromatic carbocycles. The number of nitrogens with two attached hydrogens (primary N) is 1. The molecule has 2 N–H and O–H groups in total. The van der Waals surface area contributed by atoms with E-state index in [1.807, 2.05) is 34.9 Å². The van der Waals surface area contributed by atoms with Crippen molar-refractivity contribution in [2.75, 3.05) is 5.73 Å². The Bertz CT molecular complexity index is 690. The fourth-order valence-electron chi connectivity index (χ4n) is 1.74. The molecule has 17 heavy (non-hydrogen) atoms. The van der Waals surface area contributed by atoms with Gasteiger partial charge in [-0.05, 0) is 30.3 Å². The summed E-state index contributed by atoms with van der Waals surface area (Å²) in [6, 6.07) is 11.1. The minimum Gasteiger partial charge on any atom is -0.399 e. The third kappa shape index (κ3) is 1.62. The lowest BCUT2D eigenvalue weighted by Crippen LogP contribution is -1.91. The maximum absolute atomic E-state index is 6.16. The van der Waals surface area contributed by atoms with Crippen LogP contribution in [-0.4, -0.2) is 14.6 Å². The maximum atomic E-state index is 6.16. The topological polar surface area (TPSA) is 56.2 Å². The van der Waals surface area contributed by atoms with E-state index in [9.17, 15) is 0 Å². The van der Waals surface area contributed by atoms with Crippen LogP contribution in [0.3, 0.4) is 0 Å². The zero-order valence-corrected chi connectivity index (χ0v) is 9.59. The largest absolute Gasteiger partial charge is 0.399 e. The fourth-order valence-corrected chi connectivity index (χ4v) is 2.01. The van der Waals surface area contributed by atoms with E-state index in [1.165, 1.54) is 0 Å². The zero-order valence-electron chi connectivity index (χ0n) is 8.84. The second-order valence-electron chi connectivity index (χ2n) is 3.69. The van der Waals surface area contributed by atoms with Gasteiger partial charge in [-0.3, -0.25) is 4.40 Å². The average molecular weight is 245 g/mol. The maximum Gasteiger partial charge on any atom is 0.169 e. The third-order valence-electron chi connectivity index (χ3n) is 2.55. The highest BCUT2D eigenvalue weighted by molar-refractivity contribution is 6.33. The molecule has 84 valence electrons. The molecule has 0 amide bonds. The van der Waals surface area contributed by atoms with Gasteiger partial charge in [-0.25, -0.2) is 0 Å². The highest BCUT2D eigenvalue weighted by atomic mass is 35.5. The van der Waals surface area contributed by atoms with Gasteiger partial charge in [0.25, 0.3) is 0 Å². The molecule has 0 aliphatic rings. The van der Waals surface area contributed by atoms with E-state index in [-0.39, 0.29) is 0 Å². The molecule has 3 aromatic rings. The predicted molar refractivity (Wildman–Crippen MR) is 67.8 cm³/mol. The normalized spacial score (nSPS) is 10.9. The van der Waals surface area contributed by atoms with E-state index in [0.29, 0.717) is 16.5 Å². The quantitative estimate of drug-likeness (QED) is 0.670. The van der Waals surface area contributed by atoms with Crippen molar-refractivity contribution in [1.29, 1.82) is 0 Å². The Labute approximate surface area is 103 Å². The van der Waals surface area contributed by atoms with Gasteiger partial charge in [0.1, 0.15) is 0 Å². The Balaban J connectivity index is 2.27. The minimum absolute atomic E-state index is 0.572. The first-order valence-corrected chi connectivity index (χ1v) is 5.48. The van der Waals surface area contributed by atoms with Gasteiger partial charge >= 0.3 is 0 Å². The van der Waals surface area contributed by atoms with Crippen LogP contribution in [0.15, 0.2) is 42.6 Å². The van der Waals surface area contributed by atoms with E-state index in [2.05, 4.69) is 10.2 Å². The molecule has 0 aliphatic carbocycles.